The average Bonchev–Trinajstić information content (AvgIpc) is 3.09. The van der Waals surface area contributed by atoms with Crippen LogP contribution in [0.4, 0.5) is 0 Å². The van der Waals surface area contributed by atoms with Crippen molar-refractivity contribution in [3.05, 3.63) is 76.9 Å². The van der Waals surface area contributed by atoms with E-state index in [0.29, 0.717) is 0 Å². The minimum absolute atomic E-state index is 0.869. The molecule has 0 aliphatic rings. The van der Waals surface area contributed by atoms with E-state index in [1.165, 1.54) is 10.3 Å². The number of nitrogens with zero attached hydrogens (tertiary/aromatic N) is 3. The van der Waals surface area contributed by atoms with Crippen LogP contribution in [0.3, 0.4) is 0 Å². The van der Waals surface area contributed by atoms with E-state index in [1.54, 1.807) is 11.3 Å². The number of hydrogen-bond donors (Lipinski definition) is 0. The number of thiazole rings is 1. The van der Waals surface area contributed by atoms with Crippen LogP contribution < -0.4 is 0 Å². The highest BCUT2D eigenvalue weighted by Gasteiger charge is 2.14. The SMILES string of the molecule is Cc1nn(-c2ccccc2)c2nc(Cc3ccccc3)sc12. The Morgan fingerprint density at radius 3 is 2.36 bits per heavy atom. The van der Waals surface area contributed by atoms with Crippen LogP contribution in [0.25, 0.3) is 16.0 Å². The first-order chi connectivity index (χ1) is 10.8. The number of rotatable bonds is 3. The Kier molecular flexibility index (Phi) is 3.24. The molecule has 0 N–H and O–H groups in total. The second kappa shape index (κ2) is 5.39. The van der Waals surface area contributed by atoms with Gasteiger partial charge in [0.15, 0.2) is 5.65 Å². The Bertz CT molecular complexity index is 908. The number of aromatic nitrogens is 3. The van der Waals surface area contributed by atoms with Crippen molar-refractivity contribution >= 4 is 21.7 Å². The van der Waals surface area contributed by atoms with Gasteiger partial charge in [0.1, 0.15) is 5.01 Å². The van der Waals surface area contributed by atoms with E-state index in [4.69, 9.17) is 4.98 Å². The lowest BCUT2D eigenvalue weighted by Crippen LogP contribution is -1.97. The van der Waals surface area contributed by atoms with Gasteiger partial charge in [0.2, 0.25) is 0 Å². The minimum atomic E-state index is 0.869. The summed E-state index contributed by atoms with van der Waals surface area (Å²) in [6.07, 6.45) is 0.869. The highest BCUT2D eigenvalue weighted by atomic mass is 32.1. The molecule has 4 heteroatoms. The van der Waals surface area contributed by atoms with Crippen LogP contribution in [0.15, 0.2) is 60.7 Å². The quantitative estimate of drug-likeness (QED) is 0.562. The zero-order valence-electron chi connectivity index (χ0n) is 12.2. The largest absolute Gasteiger partial charge is 0.221 e. The molecular formula is C18H15N3S. The highest BCUT2D eigenvalue weighted by Crippen LogP contribution is 2.28. The zero-order chi connectivity index (χ0) is 14.9. The summed E-state index contributed by atoms with van der Waals surface area (Å²) in [4.78, 5) is 4.82. The molecule has 4 rings (SSSR count). The van der Waals surface area contributed by atoms with E-state index < -0.39 is 0 Å². The van der Waals surface area contributed by atoms with E-state index in [9.17, 15) is 0 Å². The lowest BCUT2D eigenvalue weighted by molar-refractivity contribution is 0.874. The second-order valence-corrected chi connectivity index (χ2v) is 6.34. The summed E-state index contributed by atoms with van der Waals surface area (Å²) in [5, 5.41) is 5.76. The van der Waals surface area contributed by atoms with E-state index in [2.05, 4.69) is 41.5 Å². The molecule has 108 valence electrons. The molecule has 0 aliphatic carbocycles. The van der Waals surface area contributed by atoms with Crippen LogP contribution in [0.2, 0.25) is 0 Å². The molecule has 0 fully saturated rings. The third-order valence-corrected chi connectivity index (χ3v) is 4.79. The van der Waals surface area contributed by atoms with E-state index in [-0.39, 0.29) is 0 Å². The number of fused-ring (bicyclic) bond motifs is 1. The van der Waals surface area contributed by atoms with Crippen LogP contribution in [-0.4, -0.2) is 14.8 Å². The van der Waals surface area contributed by atoms with E-state index in [0.717, 1.165) is 28.5 Å². The lowest BCUT2D eigenvalue weighted by atomic mass is 10.2. The smallest absolute Gasteiger partial charge is 0.174 e. The summed E-state index contributed by atoms with van der Waals surface area (Å²) >= 11 is 1.74. The van der Waals surface area contributed by atoms with Gasteiger partial charge in [0.05, 0.1) is 16.1 Å². The molecule has 0 atom stereocenters. The van der Waals surface area contributed by atoms with Crippen molar-refractivity contribution in [1.82, 2.24) is 14.8 Å². The maximum atomic E-state index is 4.82. The number of para-hydroxylation sites is 1. The van der Waals surface area contributed by atoms with E-state index in [1.807, 2.05) is 35.9 Å². The summed E-state index contributed by atoms with van der Waals surface area (Å²) < 4.78 is 3.12. The van der Waals surface area contributed by atoms with Crippen molar-refractivity contribution in [2.45, 2.75) is 13.3 Å². The van der Waals surface area contributed by atoms with Crippen molar-refractivity contribution in [3.8, 4) is 5.69 Å². The molecule has 2 aromatic heterocycles. The molecule has 0 bridgehead atoms. The Labute approximate surface area is 132 Å². The fourth-order valence-electron chi connectivity index (χ4n) is 2.57. The van der Waals surface area contributed by atoms with Gasteiger partial charge in [0, 0.05) is 6.42 Å². The van der Waals surface area contributed by atoms with Gasteiger partial charge in [-0.3, -0.25) is 0 Å². The molecule has 22 heavy (non-hydrogen) atoms. The summed E-state index contributed by atoms with van der Waals surface area (Å²) in [6.45, 7) is 2.05. The van der Waals surface area contributed by atoms with Crippen LogP contribution in [-0.2, 0) is 6.42 Å². The molecule has 0 spiro atoms. The standard InChI is InChI=1S/C18H15N3S/c1-13-17-18(21(20-13)15-10-6-3-7-11-15)19-16(22-17)12-14-8-4-2-5-9-14/h2-11H,12H2,1H3. The Morgan fingerprint density at radius 1 is 0.955 bits per heavy atom. The predicted octanol–water partition coefficient (Wildman–Crippen LogP) is 4.38. The van der Waals surface area contributed by atoms with Gasteiger partial charge in [-0.2, -0.15) is 5.10 Å². The first-order valence-electron chi connectivity index (χ1n) is 7.25. The zero-order valence-corrected chi connectivity index (χ0v) is 13.0. The van der Waals surface area contributed by atoms with Crippen molar-refractivity contribution in [3.63, 3.8) is 0 Å². The van der Waals surface area contributed by atoms with Crippen molar-refractivity contribution in [2.75, 3.05) is 0 Å². The third-order valence-electron chi connectivity index (χ3n) is 3.63. The van der Waals surface area contributed by atoms with Crippen molar-refractivity contribution < 1.29 is 0 Å². The molecule has 0 saturated heterocycles. The number of aryl methyl sites for hydroxylation is 1. The minimum Gasteiger partial charge on any atom is -0.221 e. The maximum Gasteiger partial charge on any atom is 0.174 e. The van der Waals surface area contributed by atoms with Crippen LogP contribution in [0, 0.1) is 6.92 Å². The van der Waals surface area contributed by atoms with Crippen molar-refractivity contribution in [1.29, 1.82) is 0 Å². The first kappa shape index (κ1) is 13.2. The average molecular weight is 305 g/mol. The topological polar surface area (TPSA) is 30.7 Å². The molecule has 0 saturated carbocycles. The summed E-state index contributed by atoms with van der Waals surface area (Å²) in [5.74, 6) is 0. The van der Waals surface area contributed by atoms with Gasteiger partial charge >= 0.3 is 0 Å². The molecule has 0 unspecified atom stereocenters. The molecule has 2 heterocycles. The third kappa shape index (κ3) is 2.31. The fourth-order valence-corrected chi connectivity index (χ4v) is 3.59. The molecular weight excluding hydrogens is 290 g/mol. The number of hydrogen-bond acceptors (Lipinski definition) is 3. The van der Waals surface area contributed by atoms with Gasteiger partial charge in [-0.15, -0.1) is 11.3 Å². The molecule has 4 aromatic rings. The highest BCUT2D eigenvalue weighted by molar-refractivity contribution is 7.18. The van der Waals surface area contributed by atoms with Crippen LogP contribution in [0.5, 0.6) is 0 Å². The van der Waals surface area contributed by atoms with Crippen LogP contribution >= 0.6 is 11.3 Å². The Morgan fingerprint density at radius 2 is 1.64 bits per heavy atom. The first-order valence-corrected chi connectivity index (χ1v) is 8.07. The molecule has 3 nitrogen and oxygen atoms in total. The van der Waals surface area contributed by atoms with Gasteiger partial charge < -0.3 is 0 Å². The monoisotopic (exact) mass is 305 g/mol. The predicted molar refractivity (Wildman–Crippen MR) is 90.7 cm³/mol. The summed E-state index contributed by atoms with van der Waals surface area (Å²) in [6, 6.07) is 20.6. The maximum absolute atomic E-state index is 4.82. The molecule has 0 amide bonds. The van der Waals surface area contributed by atoms with Gasteiger partial charge in [0.25, 0.3) is 0 Å². The Hall–Kier alpha value is -2.46. The summed E-state index contributed by atoms with van der Waals surface area (Å²) in [7, 11) is 0. The molecule has 2 aromatic carbocycles. The van der Waals surface area contributed by atoms with Gasteiger partial charge in [-0.05, 0) is 24.6 Å². The molecule has 0 radical (unpaired) electrons. The normalized spacial score (nSPS) is 11.1. The van der Waals surface area contributed by atoms with Gasteiger partial charge in [-0.25, -0.2) is 9.67 Å². The summed E-state index contributed by atoms with van der Waals surface area (Å²) in [5.41, 5.74) is 4.34. The second-order valence-electron chi connectivity index (χ2n) is 5.26. The van der Waals surface area contributed by atoms with Crippen LogP contribution in [0.1, 0.15) is 16.3 Å². The van der Waals surface area contributed by atoms with Gasteiger partial charge in [-0.1, -0.05) is 48.5 Å². The van der Waals surface area contributed by atoms with Crippen molar-refractivity contribution in [2.24, 2.45) is 0 Å². The molecule has 0 aliphatic heterocycles. The Balaban J connectivity index is 1.78. The number of benzene rings is 2. The lowest BCUT2D eigenvalue weighted by Gasteiger charge is -2.01. The van der Waals surface area contributed by atoms with E-state index >= 15 is 0 Å². The fraction of sp³-hybridized carbons (Fsp3) is 0.111.